The maximum Gasteiger partial charge on any atom is 0.281 e. The molecule has 1 aromatic rings. The minimum absolute atomic E-state index is 0.0102. The van der Waals surface area contributed by atoms with Crippen LogP contribution in [0.15, 0.2) is 24.3 Å². The number of carbonyl (C=O) groups excluding carboxylic acids is 1. The lowest BCUT2D eigenvalue weighted by atomic mass is 9.94. The number of piperidine rings is 1. The Morgan fingerprint density at radius 3 is 2.60 bits per heavy atom. The smallest absolute Gasteiger partial charge is 0.281 e. The highest BCUT2D eigenvalue weighted by atomic mass is 32.2. The molecule has 0 radical (unpaired) electrons. The molecule has 0 aliphatic carbocycles. The van der Waals surface area contributed by atoms with Gasteiger partial charge in [-0.05, 0) is 30.4 Å². The first-order valence-corrected chi connectivity index (χ1v) is 9.89. The summed E-state index contributed by atoms with van der Waals surface area (Å²) < 4.78 is 41.5. The molecule has 0 unspecified atom stereocenters. The summed E-state index contributed by atoms with van der Waals surface area (Å²) in [7, 11) is -0.461. The number of halogens is 1. The molecule has 3 fully saturated rings. The zero-order valence-electron chi connectivity index (χ0n) is 14.6. The second-order valence-electron chi connectivity index (χ2n) is 7.02. The Morgan fingerprint density at radius 2 is 1.92 bits per heavy atom. The van der Waals surface area contributed by atoms with Crippen molar-refractivity contribution in [3.63, 3.8) is 0 Å². The molecule has 3 saturated heterocycles. The molecule has 0 saturated carbocycles. The van der Waals surface area contributed by atoms with Crippen LogP contribution in [0.4, 0.5) is 4.39 Å². The standard InChI is InChI=1S/C17H24FN3O3S/c1-19(2)25(23,24)20-10-13-7-8-15(12-20)21(11-13)17(22)9-14-5-3-4-6-16(14)18/h3-6,13,15H,7-12H2,1-2H3/t13-,15+/m0/s1. The highest BCUT2D eigenvalue weighted by molar-refractivity contribution is 7.86. The summed E-state index contributed by atoms with van der Waals surface area (Å²) in [6.45, 7) is 1.28. The van der Waals surface area contributed by atoms with Crippen LogP contribution < -0.4 is 0 Å². The molecule has 6 nitrogen and oxygen atoms in total. The molecule has 1 aromatic carbocycles. The lowest BCUT2D eigenvalue weighted by molar-refractivity contribution is -0.134. The molecule has 1 amide bonds. The maximum absolute atomic E-state index is 13.8. The van der Waals surface area contributed by atoms with Crippen molar-refractivity contribution in [2.45, 2.75) is 25.3 Å². The van der Waals surface area contributed by atoms with Crippen LogP contribution >= 0.6 is 0 Å². The van der Waals surface area contributed by atoms with E-state index in [-0.39, 0.29) is 30.1 Å². The van der Waals surface area contributed by atoms with Crippen molar-refractivity contribution >= 4 is 16.1 Å². The predicted molar refractivity (Wildman–Crippen MR) is 92.5 cm³/mol. The van der Waals surface area contributed by atoms with E-state index >= 15 is 0 Å². The molecular formula is C17H24FN3O3S. The molecule has 4 rings (SSSR count). The number of amides is 1. The van der Waals surface area contributed by atoms with Gasteiger partial charge in [-0.15, -0.1) is 0 Å². The third kappa shape index (κ3) is 3.70. The van der Waals surface area contributed by atoms with Gasteiger partial charge < -0.3 is 4.90 Å². The van der Waals surface area contributed by atoms with E-state index in [1.807, 2.05) is 0 Å². The predicted octanol–water partition coefficient (Wildman–Crippen LogP) is 1.10. The molecule has 3 heterocycles. The Morgan fingerprint density at radius 1 is 1.20 bits per heavy atom. The lowest BCUT2D eigenvalue weighted by Gasteiger charge is -2.36. The fourth-order valence-electron chi connectivity index (χ4n) is 3.67. The van der Waals surface area contributed by atoms with Gasteiger partial charge in [0.1, 0.15) is 5.82 Å². The first-order valence-electron chi connectivity index (χ1n) is 8.49. The van der Waals surface area contributed by atoms with Crippen molar-refractivity contribution in [3.8, 4) is 0 Å². The van der Waals surface area contributed by atoms with Crippen LogP contribution in [0.3, 0.4) is 0 Å². The SMILES string of the molecule is CN(C)S(=O)(=O)N1C[C@@H]2CC[C@H](C1)N(C(=O)Cc1ccccc1F)C2. The van der Waals surface area contributed by atoms with Gasteiger partial charge in [0.25, 0.3) is 10.2 Å². The molecule has 3 aliphatic rings. The van der Waals surface area contributed by atoms with E-state index in [9.17, 15) is 17.6 Å². The molecule has 2 bridgehead atoms. The molecule has 2 atom stereocenters. The third-order valence-electron chi connectivity index (χ3n) is 5.09. The minimum Gasteiger partial charge on any atom is -0.338 e. The maximum atomic E-state index is 13.8. The van der Waals surface area contributed by atoms with Gasteiger partial charge in [-0.25, -0.2) is 4.39 Å². The summed E-state index contributed by atoms with van der Waals surface area (Å²) in [4.78, 5) is 14.5. The second-order valence-corrected chi connectivity index (χ2v) is 9.16. The van der Waals surface area contributed by atoms with Crippen molar-refractivity contribution in [2.75, 3.05) is 33.7 Å². The average Bonchev–Trinajstić information content (AvgIpc) is 2.89. The van der Waals surface area contributed by atoms with E-state index in [2.05, 4.69) is 0 Å². The van der Waals surface area contributed by atoms with Gasteiger partial charge in [-0.3, -0.25) is 4.79 Å². The van der Waals surface area contributed by atoms with Crippen LogP contribution in [0.2, 0.25) is 0 Å². The van der Waals surface area contributed by atoms with Gasteiger partial charge in [0.15, 0.2) is 0 Å². The van der Waals surface area contributed by atoms with Gasteiger partial charge in [0.05, 0.1) is 6.42 Å². The van der Waals surface area contributed by atoms with Crippen LogP contribution in [0.1, 0.15) is 18.4 Å². The highest BCUT2D eigenvalue weighted by Crippen LogP contribution is 2.30. The van der Waals surface area contributed by atoms with Crippen LogP contribution in [-0.4, -0.2) is 67.6 Å². The number of hydrogen-bond acceptors (Lipinski definition) is 3. The van der Waals surface area contributed by atoms with Crippen LogP contribution in [0.5, 0.6) is 0 Å². The molecule has 0 aromatic heterocycles. The molecule has 0 N–H and O–H groups in total. The summed E-state index contributed by atoms with van der Waals surface area (Å²) in [5, 5.41) is 0. The van der Waals surface area contributed by atoms with Gasteiger partial charge in [0, 0.05) is 39.8 Å². The summed E-state index contributed by atoms with van der Waals surface area (Å²) >= 11 is 0. The number of hydrogen-bond donors (Lipinski definition) is 0. The molecule has 25 heavy (non-hydrogen) atoms. The van der Waals surface area contributed by atoms with Crippen molar-refractivity contribution in [1.82, 2.24) is 13.5 Å². The Balaban J connectivity index is 1.77. The fourth-order valence-corrected chi connectivity index (χ4v) is 4.89. The van der Waals surface area contributed by atoms with E-state index in [0.29, 0.717) is 25.2 Å². The number of carbonyl (C=O) groups is 1. The minimum atomic E-state index is -3.50. The quantitative estimate of drug-likeness (QED) is 0.798. The third-order valence-corrected chi connectivity index (χ3v) is 6.96. The molecule has 8 heteroatoms. The van der Waals surface area contributed by atoms with Crippen molar-refractivity contribution < 1.29 is 17.6 Å². The highest BCUT2D eigenvalue weighted by Gasteiger charge is 2.41. The van der Waals surface area contributed by atoms with E-state index in [4.69, 9.17) is 0 Å². The Kier molecular flexibility index (Phi) is 5.13. The van der Waals surface area contributed by atoms with Gasteiger partial charge >= 0.3 is 0 Å². The molecule has 138 valence electrons. The average molecular weight is 369 g/mol. The first-order chi connectivity index (χ1) is 11.8. The molecule has 3 aliphatic heterocycles. The van der Waals surface area contributed by atoms with E-state index in [0.717, 1.165) is 12.8 Å². The number of nitrogens with zero attached hydrogens (tertiary/aromatic N) is 3. The second kappa shape index (κ2) is 7.01. The Bertz CT molecular complexity index is 753. The topological polar surface area (TPSA) is 60.9 Å². The summed E-state index contributed by atoms with van der Waals surface area (Å²) in [6, 6.07) is 6.13. The van der Waals surface area contributed by atoms with Crippen LogP contribution in [0, 0.1) is 11.7 Å². The Labute approximate surface area is 148 Å². The van der Waals surface area contributed by atoms with E-state index in [1.165, 1.54) is 28.8 Å². The molecule has 0 spiro atoms. The number of rotatable bonds is 4. The summed E-state index contributed by atoms with van der Waals surface area (Å²) in [6.07, 6.45) is 1.71. The normalized spacial score (nSPS) is 24.6. The van der Waals surface area contributed by atoms with E-state index in [1.54, 1.807) is 23.1 Å². The van der Waals surface area contributed by atoms with Crippen molar-refractivity contribution in [1.29, 1.82) is 0 Å². The van der Waals surface area contributed by atoms with Crippen LogP contribution in [0.25, 0.3) is 0 Å². The number of benzene rings is 1. The fraction of sp³-hybridized carbons (Fsp3) is 0.588. The summed E-state index contributed by atoms with van der Waals surface area (Å²) in [5.41, 5.74) is 0.380. The van der Waals surface area contributed by atoms with Crippen molar-refractivity contribution in [2.24, 2.45) is 5.92 Å². The van der Waals surface area contributed by atoms with Gasteiger partial charge in [0.2, 0.25) is 5.91 Å². The monoisotopic (exact) mass is 369 g/mol. The van der Waals surface area contributed by atoms with Gasteiger partial charge in [-0.2, -0.15) is 17.0 Å². The van der Waals surface area contributed by atoms with Gasteiger partial charge in [-0.1, -0.05) is 18.2 Å². The number of fused-ring (bicyclic) bond motifs is 4. The Hall–Kier alpha value is -1.51. The largest absolute Gasteiger partial charge is 0.338 e. The summed E-state index contributed by atoms with van der Waals surface area (Å²) in [5.74, 6) is -0.394. The zero-order chi connectivity index (χ0) is 18.2. The first kappa shape index (κ1) is 18.3. The lowest BCUT2D eigenvalue weighted by Crippen LogP contribution is -2.49. The van der Waals surface area contributed by atoms with Crippen molar-refractivity contribution in [3.05, 3.63) is 35.6 Å². The molecular weight excluding hydrogens is 345 g/mol. The van der Waals surface area contributed by atoms with Crippen LogP contribution in [-0.2, 0) is 21.4 Å². The zero-order valence-corrected chi connectivity index (χ0v) is 15.4. The van der Waals surface area contributed by atoms with E-state index < -0.39 is 10.2 Å².